The number of aromatic nitrogens is 1. The number of fused-ring (bicyclic) bond motifs is 1. The van der Waals surface area contributed by atoms with Crippen molar-refractivity contribution in [2.24, 2.45) is 0 Å². The van der Waals surface area contributed by atoms with E-state index in [1.807, 2.05) is 17.0 Å². The highest BCUT2D eigenvalue weighted by Gasteiger charge is 2.05. The van der Waals surface area contributed by atoms with Crippen LogP contribution in [0.2, 0.25) is 0 Å². The fourth-order valence-corrected chi connectivity index (χ4v) is 2.16. The van der Waals surface area contributed by atoms with Gasteiger partial charge in [0, 0.05) is 25.8 Å². The number of nitrogens with one attached hydrogen (secondary N) is 1. The van der Waals surface area contributed by atoms with Crippen molar-refractivity contribution < 1.29 is 35.2 Å². The van der Waals surface area contributed by atoms with Crippen molar-refractivity contribution in [2.75, 3.05) is 44.7 Å². The molecular formula is C14H23N5O9. The zero-order valence-corrected chi connectivity index (χ0v) is 14.9. The lowest BCUT2D eigenvalue weighted by molar-refractivity contribution is -0.742. The molecular weight excluding hydrogens is 382 g/mol. The highest BCUT2D eigenvalue weighted by Crippen LogP contribution is 2.21. The zero-order chi connectivity index (χ0) is 21.4. The van der Waals surface area contributed by atoms with Gasteiger partial charge >= 0.3 is 0 Å². The Labute approximate surface area is 158 Å². The fraction of sp³-hybridized carbons (Fsp3) is 0.500. The number of furan rings is 1. The molecule has 14 nitrogen and oxygen atoms in total. The van der Waals surface area contributed by atoms with Gasteiger partial charge in [0.25, 0.3) is 10.2 Å². The first kappa shape index (κ1) is 24.8. The lowest BCUT2D eigenvalue weighted by Gasteiger charge is -2.20. The number of nitrogens with zero attached hydrogens (tertiary/aromatic N) is 4. The van der Waals surface area contributed by atoms with Crippen molar-refractivity contribution >= 4 is 16.8 Å². The van der Waals surface area contributed by atoms with Gasteiger partial charge in [-0.2, -0.15) is 0 Å². The monoisotopic (exact) mass is 405 g/mol. The molecule has 0 spiro atoms. The van der Waals surface area contributed by atoms with Crippen LogP contribution in [-0.2, 0) is 0 Å². The molecule has 0 radical (unpaired) electrons. The highest BCUT2D eigenvalue weighted by atomic mass is 16.9. The normalized spacial score (nSPS) is 9.82. The van der Waals surface area contributed by atoms with E-state index in [9.17, 15) is 0 Å². The summed E-state index contributed by atoms with van der Waals surface area (Å²) in [6, 6.07) is 3.74. The number of hydrogen-bond acceptors (Lipinski definition) is 10. The van der Waals surface area contributed by atoms with Gasteiger partial charge in [-0.15, -0.1) is 20.2 Å². The molecule has 14 heteroatoms. The molecule has 0 aliphatic heterocycles. The molecule has 158 valence electrons. The third-order valence-corrected chi connectivity index (χ3v) is 3.16. The molecule has 0 saturated heterocycles. The molecule has 0 aliphatic rings. The second-order valence-corrected chi connectivity index (χ2v) is 5.04. The third kappa shape index (κ3) is 12.2. The quantitative estimate of drug-likeness (QED) is 0.215. The lowest BCUT2D eigenvalue weighted by Crippen LogP contribution is -2.31. The van der Waals surface area contributed by atoms with Gasteiger partial charge in [-0.3, -0.25) is 4.90 Å². The second-order valence-electron chi connectivity index (χ2n) is 5.04. The van der Waals surface area contributed by atoms with Crippen molar-refractivity contribution in [2.45, 2.75) is 6.42 Å². The molecule has 0 bridgehead atoms. The number of pyridine rings is 1. The van der Waals surface area contributed by atoms with Crippen LogP contribution in [0.5, 0.6) is 0 Å². The highest BCUT2D eigenvalue weighted by molar-refractivity contribution is 5.87. The van der Waals surface area contributed by atoms with E-state index in [-0.39, 0.29) is 13.2 Å². The van der Waals surface area contributed by atoms with E-state index < -0.39 is 10.2 Å². The first-order chi connectivity index (χ1) is 13.3. The van der Waals surface area contributed by atoms with E-state index in [2.05, 4.69) is 10.3 Å². The smallest absolute Gasteiger partial charge is 0.291 e. The molecule has 0 saturated carbocycles. The van der Waals surface area contributed by atoms with E-state index >= 15 is 0 Å². The Balaban J connectivity index is 0.000000776. The van der Waals surface area contributed by atoms with Crippen LogP contribution < -0.4 is 5.32 Å². The van der Waals surface area contributed by atoms with Crippen LogP contribution in [0.15, 0.2) is 29.0 Å². The number of aliphatic hydroxyl groups excluding tert-OH is 2. The Morgan fingerprint density at radius 3 is 2.18 bits per heavy atom. The Morgan fingerprint density at radius 1 is 1.07 bits per heavy atom. The Bertz CT molecular complexity index is 671. The first-order valence-corrected chi connectivity index (χ1v) is 7.98. The van der Waals surface area contributed by atoms with Crippen LogP contribution in [0.4, 0.5) is 5.82 Å². The predicted octanol–water partition coefficient (Wildman–Crippen LogP) is 0.221. The molecule has 5 N–H and O–H groups in total. The van der Waals surface area contributed by atoms with Crippen LogP contribution in [0.25, 0.3) is 11.0 Å². The van der Waals surface area contributed by atoms with Gasteiger partial charge in [-0.1, -0.05) is 0 Å². The Kier molecular flexibility index (Phi) is 13.2. The minimum atomic E-state index is -1.50. The minimum Gasteiger partial charge on any atom is -0.464 e. The molecule has 0 fully saturated rings. The summed E-state index contributed by atoms with van der Waals surface area (Å²) in [6.07, 6.45) is 4.29. The molecule has 0 unspecified atom stereocenters. The third-order valence-electron chi connectivity index (χ3n) is 3.16. The van der Waals surface area contributed by atoms with Crippen LogP contribution in [-0.4, -0.2) is 80.1 Å². The number of aliphatic hydroxyl groups is 2. The fourth-order valence-electron chi connectivity index (χ4n) is 2.16. The van der Waals surface area contributed by atoms with Crippen molar-refractivity contribution in [3.05, 3.63) is 44.8 Å². The molecule has 28 heavy (non-hydrogen) atoms. The maximum Gasteiger partial charge on any atom is 0.291 e. The van der Waals surface area contributed by atoms with Gasteiger partial charge < -0.3 is 30.4 Å². The van der Waals surface area contributed by atoms with Crippen molar-refractivity contribution in [1.29, 1.82) is 0 Å². The molecule has 0 amide bonds. The zero-order valence-electron chi connectivity index (χ0n) is 14.9. The SMILES string of the molecule is O=[N+]([O-])O.O=[N+]([O-])O.OCCN(CCO)CCCNc1nccc2occc12. The summed E-state index contributed by atoms with van der Waals surface area (Å²) >= 11 is 0. The Morgan fingerprint density at radius 2 is 1.64 bits per heavy atom. The van der Waals surface area contributed by atoms with Crippen LogP contribution in [0, 0.1) is 20.2 Å². The van der Waals surface area contributed by atoms with Crippen molar-refractivity contribution in [1.82, 2.24) is 9.88 Å². The van der Waals surface area contributed by atoms with E-state index in [1.165, 1.54) is 0 Å². The van der Waals surface area contributed by atoms with Gasteiger partial charge in [-0.25, -0.2) is 4.98 Å². The summed E-state index contributed by atoms with van der Waals surface area (Å²) in [4.78, 5) is 23.1. The maximum atomic E-state index is 8.93. The van der Waals surface area contributed by atoms with Gasteiger partial charge in [0.2, 0.25) is 0 Å². The molecule has 2 aromatic rings. The van der Waals surface area contributed by atoms with E-state index in [0.717, 1.165) is 36.3 Å². The van der Waals surface area contributed by atoms with E-state index in [1.54, 1.807) is 12.5 Å². The molecule has 0 aromatic carbocycles. The Hall–Kier alpha value is -3.23. The summed E-state index contributed by atoms with van der Waals surface area (Å²) in [5, 5.41) is 49.4. The van der Waals surface area contributed by atoms with Crippen molar-refractivity contribution in [3.63, 3.8) is 0 Å². The standard InChI is InChI=1S/C14H21N3O3.2HNO3/c18-9-7-17(8-10-19)6-1-4-15-14-12-3-11-20-13(12)2-5-16-14;2*2-1(3)4/h2-3,5,11,18-19H,1,4,6-10H2,(H,15,16);2*(H,2,3,4). The van der Waals surface area contributed by atoms with Gasteiger partial charge in [0.1, 0.15) is 11.4 Å². The summed E-state index contributed by atoms with van der Waals surface area (Å²) in [6.45, 7) is 3.03. The van der Waals surface area contributed by atoms with E-state index in [4.69, 9.17) is 45.3 Å². The predicted molar refractivity (Wildman–Crippen MR) is 95.3 cm³/mol. The van der Waals surface area contributed by atoms with Crippen molar-refractivity contribution in [3.8, 4) is 0 Å². The number of anilines is 1. The summed E-state index contributed by atoms with van der Waals surface area (Å²) < 4.78 is 5.32. The van der Waals surface area contributed by atoms with Crippen LogP contribution in [0.1, 0.15) is 6.42 Å². The molecule has 2 heterocycles. The molecule has 0 atom stereocenters. The van der Waals surface area contributed by atoms with Gasteiger partial charge in [-0.05, 0) is 25.1 Å². The van der Waals surface area contributed by atoms with Gasteiger partial charge in [0.05, 0.1) is 24.9 Å². The topological polar surface area (TPSA) is 208 Å². The average molecular weight is 405 g/mol. The maximum absolute atomic E-state index is 8.93. The minimum absolute atomic E-state index is 0.114. The summed E-state index contributed by atoms with van der Waals surface area (Å²) in [5.41, 5.74) is 0.824. The summed E-state index contributed by atoms with van der Waals surface area (Å²) in [7, 11) is 0. The second kappa shape index (κ2) is 14.9. The van der Waals surface area contributed by atoms with E-state index in [0.29, 0.717) is 13.1 Å². The molecule has 2 aromatic heterocycles. The van der Waals surface area contributed by atoms with Gasteiger partial charge in [0.15, 0.2) is 0 Å². The molecule has 2 rings (SSSR count). The number of rotatable bonds is 9. The van der Waals surface area contributed by atoms with Crippen LogP contribution in [0.3, 0.4) is 0 Å². The van der Waals surface area contributed by atoms with Crippen LogP contribution >= 0.6 is 0 Å². The number of hydrogen-bond donors (Lipinski definition) is 5. The average Bonchev–Trinajstić information content (AvgIpc) is 3.07. The first-order valence-electron chi connectivity index (χ1n) is 7.98. The molecule has 0 aliphatic carbocycles. The summed E-state index contributed by atoms with van der Waals surface area (Å²) in [5.74, 6) is 0.826. The lowest BCUT2D eigenvalue weighted by atomic mass is 10.3. The largest absolute Gasteiger partial charge is 0.464 e.